The molecule has 0 unspecified atom stereocenters. The van der Waals surface area contributed by atoms with Crippen molar-refractivity contribution in [2.24, 2.45) is 16.7 Å². The summed E-state index contributed by atoms with van der Waals surface area (Å²) >= 11 is 0. The second kappa shape index (κ2) is 4.16. The zero-order chi connectivity index (χ0) is 13.6. The van der Waals surface area contributed by atoms with Crippen LogP contribution in [0.1, 0.15) is 47.0 Å². The molecule has 0 amide bonds. The highest BCUT2D eigenvalue weighted by Gasteiger charge is 2.69. The summed E-state index contributed by atoms with van der Waals surface area (Å²) in [6, 6.07) is 0. The average molecular weight is 246 g/mol. The van der Waals surface area contributed by atoms with Gasteiger partial charge in [0.1, 0.15) is 6.10 Å². The summed E-state index contributed by atoms with van der Waals surface area (Å²) in [6.07, 6.45) is 9.71. The number of rotatable bonds is 3. The van der Waals surface area contributed by atoms with Gasteiger partial charge < -0.3 is 4.74 Å². The molecule has 0 bridgehead atoms. The summed E-state index contributed by atoms with van der Waals surface area (Å²) in [7, 11) is 0. The standard InChI is InChI=1S/C16H22O2/c1-6-7-11-8-9-12(10-11)18-14(17)13-15(2,3)16(13,4)5/h1,8,12-13H,7,9-10H2,2-5H3/t12-/m1/s1. The van der Waals surface area contributed by atoms with Crippen LogP contribution >= 0.6 is 0 Å². The molecule has 0 aliphatic heterocycles. The highest BCUT2D eigenvalue weighted by molar-refractivity contribution is 5.79. The zero-order valence-corrected chi connectivity index (χ0v) is 11.7. The predicted octanol–water partition coefficient (Wildman–Crippen LogP) is 3.32. The Morgan fingerprint density at radius 1 is 1.44 bits per heavy atom. The van der Waals surface area contributed by atoms with Gasteiger partial charge >= 0.3 is 5.97 Å². The number of ether oxygens (including phenoxy) is 1. The fraction of sp³-hybridized carbons (Fsp3) is 0.688. The Bertz CT molecular complexity index is 421. The molecule has 0 aromatic rings. The third-order valence-corrected chi connectivity index (χ3v) is 5.03. The second-order valence-corrected chi connectivity index (χ2v) is 6.62. The van der Waals surface area contributed by atoms with E-state index in [0.717, 1.165) is 12.8 Å². The van der Waals surface area contributed by atoms with Gasteiger partial charge in [0, 0.05) is 19.3 Å². The van der Waals surface area contributed by atoms with Crippen molar-refractivity contribution < 1.29 is 9.53 Å². The molecular weight excluding hydrogens is 224 g/mol. The average Bonchev–Trinajstić information content (AvgIpc) is 2.59. The summed E-state index contributed by atoms with van der Waals surface area (Å²) in [5.41, 5.74) is 1.33. The van der Waals surface area contributed by atoms with E-state index in [1.807, 2.05) is 0 Å². The lowest BCUT2D eigenvalue weighted by Crippen LogP contribution is -2.19. The molecule has 0 radical (unpaired) electrons. The van der Waals surface area contributed by atoms with Crippen LogP contribution in [-0.2, 0) is 9.53 Å². The number of terminal acetylenes is 1. The highest BCUT2D eigenvalue weighted by atomic mass is 16.5. The minimum absolute atomic E-state index is 0.00745. The quantitative estimate of drug-likeness (QED) is 0.434. The molecule has 2 nitrogen and oxygen atoms in total. The van der Waals surface area contributed by atoms with E-state index in [1.54, 1.807) is 0 Å². The van der Waals surface area contributed by atoms with Gasteiger partial charge in [-0.05, 0) is 10.8 Å². The van der Waals surface area contributed by atoms with Gasteiger partial charge in [-0.2, -0.15) is 0 Å². The minimum Gasteiger partial charge on any atom is -0.461 e. The molecule has 0 aromatic heterocycles. The molecule has 0 N–H and O–H groups in total. The molecule has 0 heterocycles. The highest BCUT2D eigenvalue weighted by Crippen LogP contribution is 2.68. The Balaban J connectivity index is 1.87. The van der Waals surface area contributed by atoms with Gasteiger partial charge in [0.2, 0.25) is 0 Å². The Morgan fingerprint density at radius 3 is 2.56 bits per heavy atom. The van der Waals surface area contributed by atoms with E-state index in [-0.39, 0.29) is 28.8 Å². The van der Waals surface area contributed by atoms with E-state index in [4.69, 9.17) is 11.2 Å². The van der Waals surface area contributed by atoms with Crippen molar-refractivity contribution in [3.8, 4) is 12.3 Å². The maximum atomic E-state index is 12.2. The molecule has 0 spiro atoms. The molecule has 1 atom stereocenters. The van der Waals surface area contributed by atoms with Crippen LogP contribution in [0.2, 0.25) is 0 Å². The van der Waals surface area contributed by atoms with Crippen LogP contribution in [0.5, 0.6) is 0 Å². The lowest BCUT2D eigenvalue weighted by molar-refractivity contribution is -0.151. The van der Waals surface area contributed by atoms with Gasteiger partial charge in [0.15, 0.2) is 0 Å². The van der Waals surface area contributed by atoms with Crippen LogP contribution in [0.25, 0.3) is 0 Å². The van der Waals surface area contributed by atoms with E-state index in [9.17, 15) is 4.79 Å². The molecule has 2 heteroatoms. The molecule has 98 valence electrons. The molecule has 0 saturated heterocycles. The van der Waals surface area contributed by atoms with E-state index < -0.39 is 0 Å². The first kappa shape index (κ1) is 13.2. The smallest absolute Gasteiger partial charge is 0.310 e. The number of hydrogen-bond acceptors (Lipinski definition) is 2. The van der Waals surface area contributed by atoms with Gasteiger partial charge in [-0.25, -0.2) is 0 Å². The van der Waals surface area contributed by atoms with Gasteiger partial charge in [-0.3, -0.25) is 4.79 Å². The van der Waals surface area contributed by atoms with E-state index in [0.29, 0.717) is 6.42 Å². The SMILES string of the molecule is C#CCC1=CC[C@@H](OC(=O)C2C(C)(C)C2(C)C)C1. The van der Waals surface area contributed by atoms with Crippen molar-refractivity contribution in [3.05, 3.63) is 11.6 Å². The van der Waals surface area contributed by atoms with Crippen LogP contribution in [0.4, 0.5) is 0 Å². The van der Waals surface area contributed by atoms with Crippen molar-refractivity contribution >= 4 is 5.97 Å². The number of carbonyl (C=O) groups excluding carboxylic acids is 1. The number of hydrogen-bond donors (Lipinski definition) is 0. The Kier molecular flexibility index (Phi) is 3.05. The maximum Gasteiger partial charge on any atom is 0.310 e. The van der Waals surface area contributed by atoms with Crippen LogP contribution < -0.4 is 0 Å². The second-order valence-electron chi connectivity index (χ2n) is 6.62. The third kappa shape index (κ3) is 1.96. The zero-order valence-electron chi connectivity index (χ0n) is 11.7. The van der Waals surface area contributed by atoms with Crippen molar-refractivity contribution in [1.82, 2.24) is 0 Å². The maximum absolute atomic E-state index is 12.2. The molecular formula is C16H22O2. The summed E-state index contributed by atoms with van der Waals surface area (Å²) < 4.78 is 5.62. The molecule has 0 aromatic carbocycles. The van der Waals surface area contributed by atoms with E-state index >= 15 is 0 Å². The summed E-state index contributed by atoms with van der Waals surface area (Å²) in [5.74, 6) is 2.63. The lowest BCUT2D eigenvalue weighted by Gasteiger charge is -2.13. The first-order valence-electron chi connectivity index (χ1n) is 6.62. The Hall–Kier alpha value is -1.23. The summed E-state index contributed by atoms with van der Waals surface area (Å²) in [5, 5.41) is 0. The van der Waals surface area contributed by atoms with E-state index in [1.165, 1.54) is 5.57 Å². The van der Waals surface area contributed by atoms with E-state index in [2.05, 4.69) is 39.7 Å². The van der Waals surface area contributed by atoms with Crippen LogP contribution in [0.3, 0.4) is 0 Å². The van der Waals surface area contributed by atoms with Crippen LogP contribution in [0.15, 0.2) is 11.6 Å². The Morgan fingerprint density at radius 2 is 2.06 bits per heavy atom. The van der Waals surface area contributed by atoms with Crippen molar-refractivity contribution in [1.29, 1.82) is 0 Å². The van der Waals surface area contributed by atoms with Crippen LogP contribution in [0, 0.1) is 29.1 Å². The van der Waals surface area contributed by atoms with Crippen LogP contribution in [-0.4, -0.2) is 12.1 Å². The number of esters is 1. The van der Waals surface area contributed by atoms with Crippen molar-refractivity contribution in [2.75, 3.05) is 0 Å². The first-order valence-corrected chi connectivity index (χ1v) is 6.62. The fourth-order valence-electron chi connectivity index (χ4n) is 3.14. The largest absolute Gasteiger partial charge is 0.461 e. The summed E-state index contributed by atoms with van der Waals surface area (Å²) in [4.78, 5) is 12.2. The molecule has 18 heavy (non-hydrogen) atoms. The molecule has 1 fully saturated rings. The molecule has 1 saturated carbocycles. The monoisotopic (exact) mass is 246 g/mol. The Labute approximate surface area is 110 Å². The normalized spacial score (nSPS) is 28.4. The molecule has 2 rings (SSSR count). The predicted molar refractivity (Wildman–Crippen MR) is 71.7 cm³/mol. The molecule has 2 aliphatic rings. The topological polar surface area (TPSA) is 26.3 Å². The van der Waals surface area contributed by atoms with Crippen molar-refractivity contribution in [2.45, 2.75) is 53.1 Å². The molecule has 2 aliphatic carbocycles. The minimum atomic E-state index is -0.0367. The van der Waals surface area contributed by atoms with Gasteiger partial charge in [0.25, 0.3) is 0 Å². The van der Waals surface area contributed by atoms with Crippen molar-refractivity contribution in [3.63, 3.8) is 0 Å². The van der Waals surface area contributed by atoms with Gasteiger partial charge in [-0.1, -0.05) is 39.3 Å². The van der Waals surface area contributed by atoms with Gasteiger partial charge in [0.05, 0.1) is 5.92 Å². The fourth-order valence-corrected chi connectivity index (χ4v) is 3.14. The lowest BCUT2D eigenvalue weighted by atomic mass is 10.0. The first-order chi connectivity index (χ1) is 8.30. The number of carbonyl (C=O) groups is 1. The third-order valence-electron chi connectivity index (χ3n) is 5.03. The van der Waals surface area contributed by atoms with Gasteiger partial charge in [-0.15, -0.1) is 12.3 Å². The summed E-state index contributed by atoms with van der Waals surface area (Å²) in [6.45, 7) is 8.54.